The highest BCUT2D eigenvalue weighted by atomic mass is 31.2. The molecule has 0 saturated heterocycles. The molecule has 6 rings (SSSR count). The molecule has 2 aliphatic carbocycles. The van der Waals surface area contributed by atoms with E-state index in [4.69, 9.17) is 4.99 Å². The molecule has 37 heavy (non-hydrogen) atoms. The van der Waals surface area contributed by atoms with Gasteiger partial charge in [0, 0.05) is 30.5 Å². The van der Waals surface area contributed by atoms with Crippen molar-refractivity contribution in [2.45, 2.75) is 44.2 Å². The standard InChI is InChI=1S/C26H33N8O2P/c1-33-22-10-9-20(37(2,3)36)13-23(22)34(26(33)35)19-8-11-24(27-14-19)29-17-6-7-18(12-17)30-25-28-15-21(31-32-25)16-4-5-16/h8-11,13-18,31H,4-7,12H2,1-3H3,(H,27,29)(H2,28,30,32)/t17-,18-/m0/s1. The van der Waals surface area contributed by atoms with Crippen LogP contribution in [0.5, 0.6) is 0 Å². The van der Waals surface area contributed by atoms with Crippen molar-refractivity contribution in [3.8, 4) is 5.69 Å². The van der Waals surface area contributed by atoms with E-state index >= 15 is 0 Å². The third-order valence-electron chi connectivity index (χ3n) is 7.44. The average Bonchev–Trinajstić information content (AvgIpc) is 3.59. The summed E-state index contributed by atoms with van der Waals surface area (Å²) in [7, 11) is -0.712. The number of aliphatic imine (C=N–C) groups is 1. The van der Waals surface area contributed by atoms with Gasteiger partial charge in [0.15, 0.2) is 0 Å². The number of benzene rings is 1. The number of aromatic nitrogens is 3. The highest BCUT2D eigenvalue weighted by Gasteiger charge is 2.29. The number of anilines is 1. The minimum atomic E-state index is -2.46. The third-order valence-corrected chi connectivity index (χ3v) is 8.96. The molecule has 1 aliphatic heterocycles. The van der Waals surface area contributed by atoms with Gasteiger partial charge in [-0.2, -0.15) is 0 Å². The van der Waals surface area contributed by atoms with Crippen molar-refractivity contribution in [2.24, 2.45) is 18.0 Å². The maximum Gasteiger partial charge on any atom is 0.333 e. The van der Waals surface area contributed by atoms with Crippen molar-refractivity contribution in [1.29, 1.82) is 0 Å². The first kappa shape index (κ1) is 23.9. The number of hydrazine groups is 1. The summed E-state index contributed by atoms with van der Waals surface area (Å²) in [6.07, 6.45) is 9.19. The van der Waals surface area contributed by atoms with Gasteiger partial charge in [-0.25, -0.2) is 14.8 Å². The van der Waals surface area contributed by atoms with Crippen molar-refractivity contribution in [3.63, 3.8) is 0 Å². The molecule has 3 heterocycles. The molecule has 2 saturated carbocycles. The van der Waals surface area contributed by atoms with E-state index < -0.39 is 7.14 Å². The fourth-order valence-corrected chi connectivity index (χ4v) is 6.02. The number of rotatable bonds is 6. The number of fused-ring (bicyclic) bond motifs is 1. The van der Waals surface area contributed by atoms with Gasteiger partial charge in [0.05, 0.1) is 34.7 Å². The monoisotopic (exact) mass is 520 g/mol. The van der Waals surface area contributed by atoms with Crippen LogP contribution in [0.1, 0.15) is 32.1 Å². The fourth-order valence-electron chi connectivity index (χ4n) is 5.15. The van der Waals surface area contributed by atoms with E-state index in [-0.39, 0.29) is 17.8 Å². The smallest absolute Gasteiger partial charge is 0.333 e. The molecule has 1 aromatic carbocycles. The van der Waals surface area contributed by atoms with Crippen molar-refractivity contribution in [3.05, 3.63) is 58.9 Å². The Morgan fingerprint density at radius 1 is 1.08 bits per heavy atom. The van der Waals surface area contributed by atoms with Gasteiger partial charge < -0.3 is 20.6 Å². The van der Waals surface area contributed by atoms with Gasteiger partial charge in [0.2, 0.25) is 5.96 Å². The minimum Gasteiger partial charge on any atom is -0.367 e. The summed E-state index contributed by atoms with van der Waals surface area (Å²) in [5.41, 5.74) is 9.68. The van der Waals surface area contributed by atoms with Crippen molar-refractivity contribution in [2.75, 3.05) is 18.6 Å². The molecule has 11 heteroatoms. The van der Waals surface area contributed by atoms with E-state index in [0.717, 1.165) is 47.4 Å². The molecule has 4 N–H and O–H groups in total. The summed E-state index contributed by atoms with van der Waals surface area (Å²) < 4.78 is 15.9. The Labute approximate surface area is 215 Å². The zero-order valence-corrected chi connectivity index (χ0v) is 22.3. The Balaban J connectivity index is 1.15. The van der Waals surface area contributed by atoms with Crippen LogP contribution in [0.4, 0.5) is 5.82 Å². The molecule has 2 fully saturated rings. The molecule has 0 radical (unpaired) electrons. The van der Waals surface area contributed by atoms with E-state index in [1.165, 1.54) is 18.5 Å². The van der Waals surface area contributed by atoms with Crippen molar-refractivity contribution in [1.82, 2.24) is 30.3 Å². The molecular weight excluding hydrogens is 487 g/mol. The highest BCUT2D eigenvalue weighted by molar-refractivity contribution is 7.70. The Kier molecular flexibility index (Phi) is 5.87. The van der Waals surface area contributed by atoms with Gasteiger partial charge in [0.1, 0.15) is 13.0 Å². The first-order valence-corrected chi connectivity index (χ1v) is 15.4. The second-order valence-corrected chi connectivity index (χ2v) is 13.9. The first-order valence-electron chi connectivity index (χ1n) is 12.8. The van der Waals surface area contributed by atoms with Crippen LogP contribution in [0.25, 0.3) is 16.7 Å². The third kappa shape index (κ3) is 4.78. The summed E-state index contributed by atoms with van der Waals surface area (Å²) in [6, 6.07) is 9.90. The lowest BCUT2D eigenvalue weighted by Crippen LogP contribution is -2.48. The van der Waals surface area contributed by atoms with Gasteiger partial charge in [-0.3, -0.25) is 14.6 Å². The molecule has 3 aliphatic rings. The van der Waals surface area contributed by atoms with Gasteiger partial charge in [-0.1, -0.05) is 0 Å². The summed E-state index contributed by atoms with van der Waals surface area (Å²) in [5, 5.41) is 7.54. The van der Waals surface area contributed by atoms with Gasteiger partial charge >= 0.3 is 5.69 Å². The quantitative estimate of drug-likeness (QED) is 0.369. The first-order chi connectivity index (χ1) is 17.8. The maximum atomic E-state index is 13.0. The molecule has 3 aromatic rings. The summed E-state index contributed by atoms with van der Waals surface area (Å²) in [5.74, 6) is 2.20. The lowest BCUT2D eigenvalue weighted by atomic mass is 10.2. The van der Waals surface area contributed by atoms with E-state index in [0.29, 0.717) is 11.6 Å². The van der Waals surface area contributed by atoms with Crippen LogP contribution in [-0.4, -0.2) is 45.5 Å². The summed E-state index contributed by atoms with van der Waals surface area (Å²) >= 11 is 0. The Hall–Kier alpha value is -3.52. The SMILES string of the molecule is Cn1c(=O)n(-c2ccc(N[C@H]3CC[C@H](N=C4NC=C(C5CC5)NN4)C3)nc2)c2cc(P(C)(C)=O)ccc21. The molecule has 10 nitrogen and oxygen atoms in total. The summed E-state index contributed by atoms with van der Waals surface area (Å²) in [4.78, 5) is 22.5. The Morgan fingerprint density at radius 2 is 1.92 bits per heavy atom. The number of aryl methyl sites for hydroxylation is 1. The van der Waals surface area contributed by atoms with Crippen LogP contribution in [0.3, 0.4) is 0 Å². The Morgan fingerprint density at radius 3 is 2.59 bits per heavy atom. The fraction of sp³-hybridized carbons (Fsp3) is 0.423. The van der Waals surface area contributed by atoms with Crippen LogP contribution in [0, 0.1) is 5.92 Å². The minimum absolute atomic E-state index is 0.159. The summed E-state index contributed by atoms with van der Waals surface area (Å²) in [6.45, 7) is 3.48. The number of hydrogen-bond donors (Lipinski definition) is 4. The second-order valence-electron chi connectivity index (χ2n) is 10.7. The average molecular weight is 521 g/mol. The van der Waals surface area contributed by atoms with Crippen LogP contribution in [0.2, 0.25) is 0 Å². The second kappa shape index (κ2) is 9.10. The van der Waals surface area contributed by atoms with Gasteiger partial charge in [-0.15, -0.1) is 0 Å². The van der Waals surface area contributed by atoms with Crippen LogP contribution in [-0.2, 0) is 11.6 Å². The van der Waals surface area contributed by atoms with E-state index in [1.54, 1.807) is 35.7 Å². The number of guanidine groups is 1. The molecule has 2 aromatic heterocycles. The van der Waals surface area contributed by atoms with Gasteiger partial charge in [0.25, 0.3) is 0 Å². The number of nitrogens with zero attached hydrogens (tertiary/aromatic N) is 4. The zero-order chi connectivity index (χ0) is 25.7. The predicted octanol–water partition coefficient (Wildman–Crippen LogP) is 2.61. The number of allylic oxidation sites excluding steroid dienone is 1. The topological polar surface area (TPSA) is 117 Å². The molecule has 0 spiro atoms. The lowest BCUT2D eigenvalue weighted by Gasteiger charge is -2.21. The molecule has 194 valence electrons. The van der Waals surface area contributed by atoms with Crippen LogP contribution >= 0.6 is 7.14 Å². The molecule has 0 bridgehead atoms. The van der Waals surface area contributed by atoms with Crippen molar-refractivity contribution >= 4 is 35.3 Å². The normalized spacial score (nSPS) is 22.9. The van der Waals surface area contributed by atoms with Crippen molar-refractivity contribution < 1.29 is 4.57 Å². The molecule has 2 atom stereocenters. The lowest BCUT2D eigenvalue weighted by molar-refractivity contribution is 0.588. The number of pyridine rings is 1. The highest BCUT2D eigenvalue weighted by Crippen LogP contribution is 2.36. The van der Waals surface area contributed by atoms with Gasteiger partial charge in [-0.05, 0) is 75.8 Å². The molecule has 0 amide bonds. The number of imidazole rings is 1. The zero-order valence-electron chi connectivity index (χ0n) is 21.4. The van der Waals surface area contributed by atoms with Crippen LogP contribution in [0.15, 0.2) is 58.2 Å². The van der Waals surface area contributed by atoms with E-state index in [1.807, 2.05) is 36.5 Å². The Bertz CT molecular complexity index is 1510. The maximum absolute atomic E-state index is 13.0. The number of hydrogen-bond acceptors (Lipinski definition) is 6. The van der Waals surface area contributed by atoms with E-state index in [9.17, 15) is 9.36 Å². The van der Waals surface area contributed by atoms with Crippen LogP contribution < -0.4 is 32.5 Å². The molecule has 0 unspecified atom stereocenters. The number of nitrogens with one attached hydrogen (secondary N) is 4. The van der Waals surface area contributed by atoms with E-state index in [2.05, 4.69) is 26.5 Å². The predicted molar refractivity (Wildman–Crippen MR) is 148 cm³/mol. The molecular formula is C26H33N8O2P. The largest absolute Gasteiger partial charge is 0.367 e.